The number of benzene rings is 1. The summed E-state index contributed by atoms with van der Waals surface area (Å²) < 4.78 is 29.0. The van der Waals surface area contributed by atoms with E-state index in [1.54, 1.807) is 25.1 Å². The van der Waals surface area contributed by atoms with Crippen LogP contribution in [0.15, 0.2) is 56.0 Å². The minimum absolute atomic E-state index is 0.116. The van der Waals surface area contributed by atoms with Gasteiger partial charge in [-0.2, -0.15) is 8.42 Å². The third-order valence-corrected chi connectivity index (χ3v) is 6.76. The van der Waals surface area contributed by atoms with Crippen LogP contribution in [0.5, 0.6) is 0 Å². The third kappa shape index (κ3) is 3.86. The molecule has 1 aromatic carbocycles. The van der Waals surface area contributed by atoms with Crippen molar-refractivity contribution in [3.05, 3.63) is 57.1 Å². The molecule has 2 heterocycles. The Bertz CT molecular complexity index is 944. The molecule has 3 rings (SSSR count). The highest BCUT2D eigenvalue weighted by Gasteiger charge is 2.34. The minimum atomic E-state index is -3.86. The van der Waals surface area contributed by atoms with Crippen molar-refractivity contribution in [1.29, 1.82) is 0 Å². The zero-order chi connectivity index (χ0) is 18.0. The molecule has 1 aliphatic rings. The van der Waals surface area contributed by atoms with Crippen molar-refractivity contribution in [3.63, 3.8) is 0 Å². The monoisotopic (exact) mass is 392 g/mol. The summed E-state index contributed by atoms with van der Waals surface area (Å²) >= 11 is 2.60. The third-order valence-electron chi connectivity index (χ3n) is 3.54. The van der Waals surface area contributed by atoms with E-state index in [9.17, 15) is 13.2 Å². The lowest BCUT2D eigenvalue weighted by Crippen LogP contribution is -2.29. The van der Waals surface area contributed by atoms with Crippen molar-refractivity contribution in [2.45, 2.75) is 18.7 Å². The molecule has 5 nitrogen and oxygen atoms in total. The number of nitrogens with zero attached hydrogens (tertiary/aromatic N) is 2. The van der Waals surface area contributed by atoms with Crippen LogP contribution in [-0.4, -0.2) is 30.9 Å². The van der Waals surface area contributed by atoms with Gasteiger partial charge in [0.1, 0.15) is 0 Å². The number of aryl methyl sites for hydroxylation is 1. The molecule has 130 valence electrons. The summed E-state index contributed by atoms with van der Waals surface area (Å²) in [5.41, 5.74) is 0.966. The number of thiophene rings is 1. The summed E-state index contributed by atoms with van der Waals surface area (Å²) in [7, 11) is -3.86. The Hall–Kier alpha value is -1.90. The summed E-state index contributed by atoms with van der Waals surface area (Å²) in [5.74, 6) is -0.223. The van der Waals surface area contributed by atoms with Crippen molar-refractivity contribution in [2.24, 2.45) is 4.40 Å². The Morgan fingerprint density at radius 1 is 1.20 bits per heavy atom. The van der Waals surface area contributed by atoms with E-state index in [-0.39, 0.29) is 16.0 Å². The minimum Gasteiger partial charge on any atom is -0.286 e. The standard InChI is InChI=1S/C17H16N2O3S3/c1-3-19-16(20)15(11-13-5-4-10-23-13)24-17(19)18-25(21,22)14-8-6-12(2)7-9-14/h4-11H,3H2,1-2H3/b15-11+,18-17+. The van der Waals surface area contributed by atoms with E-state index in [0.717, 1.165) is 22.2 Å². The second-order valence-corrected chi connectivity index (χ2v) is 8.93. The molecule has 0 spiro atoms. The highest BCUT2D eigenvalue weighted by molar-refractivity contribution is 8.19. The normalized spacial score (nSPS) is 18.5. The number of hydrogen-bond acceptors (Lipinski definition) is 5. The van der Waals surface area contributed by atoms with E-state index in [1.807, 2.05) is 24.4 Å². The van der Waals surface area contributed by atoms with Gasteiger partial charge in [0.25, 0.3) is 15.9 Å². The van der Waals surface area contributed by atoms with Crippen molar-refractivity contribution in [3.8, 4) is 0 Å². The van der Waals surface area contributed by atoms with E-state index in [0.29, 0.717) is 11.4 Å². The van der Waals surface area contributed by atoms with Crippen LogP contribution >= 0.6 is 23.1 Å². The maximum absolute atomic E-state index is 12.5. The zero-order valence-corrected chi connectivity index (χ0v) is 16.1. The Morgan fingerprint density at radius 2 is 1.92 bits per heavy atom. The molecule has 1 aromatic heterocycles. The molecule has 2 aromatic rings. The maximum Gasteiger partial charge on any atom is 0.284 e. The molecule has 0 radical (unpaired) electrons. The molecule has 1 fully saturated rings. The SMILES string of the molecule is CCN1C(=O)/C(=C\c2cccs2)S/C1=N/S(=O)(=O)c1ccc(C)cc1. The molecule has 0 unspecified atom stereocenters. The predicted molar refractivity (Wildman–Crippen MR) is 103 cm³/mol. The Labute approximate surface area is 155 Å². The largest absolute Gasteiger partial charge is 0.286 e. The Kier molecular flexibility index (Phi) is 5.12. The summed E-state index contributed by atoms with van der Waals surface area (Å²) in [4.78, 5) is 15.4. The quantitative estimate of drug-likeness (QED) is 0.744. The molecule has 0 atom stereocenters. The smallest absolute Gasteiger partial charge is 0.284 e. The summed E-state index contributed by atoms with van der Waals surface area (Å²) in [6.45, 7) is 4.03. The number of amides is 1. The van der Waals surface area contributed by atoms with E-state index < -0.39 is 10.0 Å². The molecular formula is C17H16N2O3S3. The molecule has 0 bridgehead atoms. The second-order valence-electron chi connectivity index (χ2n) is 5.34. The van der Waals surface area contributed by atoms with Crippen LogP contribution < -0.4 is 0 Å². The first-order valence-corrected chi connectivity index (χ1v) is 10.7. The molecule has 1 amide bonds. The van der Waals surface area contributed by atoms with E-state index >= 15 is 0 Å². The van der Waals surface area contributed by atoms with Gasteiger partial charge in [-0.1, -0.05) is 23.8 Å². The van der Waals surface area contributed by atoms with E-state index in [2.05, 4.69) is 4.40 Å². The number of thioether (sulfide) groups is 1. The van der Waals surface area contributed by atoms with Crippen LogP contribution in [-0.2, 0) is 14.8 Å². The fourth-order valence-electron chi connectivity index (χ4n) is 2.22. The van der Waals surface area contributed by atoms with E-state index in [1.165, 1.54) is 28.4 Å². The predicted octanol–water partition coefficient (Wildman–Crippen LogP) is 3.74. The van der Waals surface area contributed by atoms with Crippen molar-refractivity contribution in [2.75, 3.05) is 6.54 Å². The zero-order valence-electron chi connectivity index (χ0n) is 13.7. The lowest BCUT2D eigenvalue weighted by molar-refractivity contribution is -0.122. The van der Waals surface area contributed by atoms with Crippen LogP contribution in [0.25, 0.3) is 6.08 Å². The number of carbonyl (C=O) groups excluding carboxylic acids is 1. The average Bonchev–Trinajstić information content (AvgIpc) is 3.17. The highest BCUT2D eigenvalue weighted by Crippen LogP contribution is 2.34. The molecule has 1 aliphatic heterocycles. The van der Waals surface area contributed by atoms with Crippen molar-refractivity contribution in [1.82, 2.24) is 4.90 Å². The van der Waals surface area contributed by atoms with E-state index in [4.69, 9.17) is 0 Å². The van der Waals surface area contributed by atoms with Crippen molar-refractivity contribution >= 4 is 50.3 Å². The lowest BCUT2D eigenvalue weighted by atomic mass is 10.2. The molecule has 1 saturated heterocycles. The van der Waals surface area contributed by atoms with Gasteiger partial charge in [0.05, 0.1) is 9.80 Å². The van der Waals surface area contributed by atoms with Gasteiger partial charge in [-0.05, 0) is 55.3 Å². The fourth-order valence-corrected chi connectivity index (χ4v) is 5.19. The van der Waals surface area contributed by atoms with Crippen LogP contribution in [0.2, 0.25) is 0 Å². The first kappa shape index (κ1) is 17.9. The number of sulfonamides is 1. The number of carbonyl (C=O) groups is 1. The van der Waals surface area contributed by atoms with Gasteiger partial charge in [0.15, 0.2) is 5.17 Å². The van der Waals surface area contributed by atoms with Crippen LogP contribution in [0, 0.1) is 6.92 Å². The van der Waals surface area contributed by atoms with Crippen LogP contribution in [0.4, 0.5) is 0 Å². The summed E-state index contributed by atoms with van der Waals surface area (Å²) in [6.07, 6.45) is 1.77. The summed E-state index contributed by atoms with van der Waals surface area (Å²) in [5, 5.41) is 2.11. The molecule has 8 heteroatoms. The molecule has 0 N–H and O–H groups in total. The van der Waals surface area contributed by atoms with Gasteiger partial charge in [-0.3, -0.25) is 9.69 Å². The second kappa shape index (κ2) is 7.15. The number of likely N-dealkylation sites (N-methyl/N-ethyl adjacent to an activating group) is 1. The van der Waals surface area contributed by atoms with Gasteiger partial charge in [-0.25, -0.2) is 0 Å². The molecule has 0 aliphatic carbocycles. The molecule has 25 heavy (non-hydrogen) atoms. The van der Waals surface area contributed by atoms with Gasteiger partial charge in [-0.15, -0.1) is 15.7 Å². The van der Waals surface area contributed by atoms with Gasteiger partial charge in [0.2, 0.25) is 0 Å². The van der Waals surface area contributed by atoms with Crippen molar-refractivity contribution < 1.29 is 13.2 Å². The first-order valence-electron chi connectivity index (χ1n) is 7.57. The lowest BCUT2D eigenvalue weighted by Gasteiger charge is -2.11. The van der Waals surface area contributed by atoms with Crippen LogP contribution in [0.1, 0.15) is 17.4 Å². The average molecular weight is 393 g/mol. The highest BCUT2D eigenvalue weighted by atomic mass is 32.2. The molecule has 0 saturated carbocycles. The van der Waals surface area contributed by atoms with Crippen LogP contribution in [0.3, 0.4) is 0 Å². The van der Waals surface area contributed by atoms with Gasteiger partial charge in [0, 0.05) is 11.4 Å². The Morgan fingerprint density at radius 3 is 2.52 bits per heavy atom. The number of rotatable bonds is 4. The fraction of sp³-hybridized carbons (Fsp3) is 0.176. The van der Waals surface area contributed by atoms with Gasteiger partial charge >= 0.3 is 0 Å². The maximum atomic E-state index is 12.5. The van der Waals surface area contributed by atoms with Gasteiger partial charge < -0.3 is 0 Å². The Balaban J connectivity index is 1.96. The first-order chi connectivity index (χ1) is 11.9. The number of hydrogen-bond donors (Lipinski definition) is 0. The molecular weight excluding hydrogens is 376 g/mol. The summed E-state index contributed by atoms with van der Waals surface area (Å²) in [6, 6.07) is 10.3. The number of amidine groups is 1. The topological polar surface area (TPSA) is 66.8 Å².